The molecule has 1 unspecified atom stereocenters. The number of carbonyl (C=O) groups excluding carboxylic acids is 1. The topological polar surface area (TPSA) is 26.3 Å². The van der Waals surface area contributed by atoms with Crippen LogP contribution < -0.4 is 0 Å². The maximum absolute atomic E-state index is 11.3. The van der Waals surface area contributed by atoms with Gasteiger partial charge in [0.05, 0.1) is 5.92 Å². The van der Waals surface area contributed by atoms with Gasteiger partial charge in [0, 0.05) is 0 Å². The first kappa shape index (κ1) is 9.56. The molecule has 1 atom stereocenters. The summed E-state index contributed by atoms with van der Waals surface area (Å²) >= 11 is 0. The van der Waals surface area contributed by atoms with E-state index in [9.17, 15) is 4.79 Å². The van der Waals surface area contributed by atoms with Crippen LogP contribution >= 0.6 is 0 Å². The van der Waals surface area contributed by atoms with Crippen molar-refractivity contribution in [3.63, 3.8) is 0 Å². The van der Waals surface area contributed by atoms with Crippen LogP contribution in [0.1, 0.15) is 40.5 Å². The average Bonchev–Trinajstić information content (AvgIpc) is 2.03. The smallest absolute Gasteiger partial charge is 0.309 e. The highest BCUT2D eigenvalue weighted by molar-refractivity contribution is 5.75. The molecule has 0 aliphatic carbocycles. The van der Waals surface area contributed by atoms with Crippen LogP contribution in [-0.2, 0) is 9.53 Å². The second-order valence-electron chi connectivity index (χ2n) is 4.71. The van der Waals surface area contributed by atoms with E-state index in [0.29, 0.717) is 5.92 Å². The Kier molecular flexibility index (Phi) is 2.45. The fraction of sp³-hybridized carbons (Fsp3) is 0.900. The van der Waals surface area contributed by atoms with Gasteiger partial charge in [-0.3, -0.25) is 4.79 Å². The second kappa shape index (κ2) is 3.08. The normalized spacial score (nSPS) is 27.8. The Hall–Kier alpha value is -0.530. The van der Waals surface area contributed by atoms with Gasteiger partial charge in [0.15, 0.2) is 0 Å². The van der Waals surface area contributed by atoms with Crippen LogP contribution in [0.3, 0.4) is 0 Å². The lowest BCUT2D eigenvalue weighted by molar-refractivity contribution is -0.148. The van der Waals surface area contributed by atoms with Crippen LogP contribution in [0.2, 0.25) is 0 Å². The molecule has 2 nitrogen and oxygen atoms in total. The van der Waals surface area contributed by atoms with Gasteiger partial charge in [0.2, 0.25) is 0 Å². The monoisotopic (exact) mass is 170 g/mol. The Labute approximate surface area is 74.3 Å². The van der Waals surface area contributed by atoms with Crippen LogP contribution in [0, 0.1) is 11.8 Å². The van der Waals surface area contributed by atoms with E-state index < -0.39 is 0 Å². The van der Waals surface area contributed by atoms with Gasteiger partial charge in [0.1, 0.15) is 5.60 Å². The summed E-state index contributed by atoms with van der Waals surface area (Å²) in [6, 6.07) is 0. The standard InChI is InChI=1S/C10H18O2/c1-7(2)5-8-6-10(3,4)12-9(8)11/h7-8H,5-6H2,1-4H3. The van der Waals surface area contributed by atoms with Crippen LogP contribution in [0.5, 0.6) is 0 Å². The van der Waals surface area contributed by atoms with Crippen molar-refractivity contribution in [2.75, 3.05) is 0 Å². The Morgan fingerprint density at radius 1 is 1.58 bits per heavy atom. The number of hydrogen-bond acceptors (Lipinski definition) is 2. The first-order chi connectivity index (χ1) is 5.41. The zero-order chi connectivity index (χ0) is 9.35. The molecule has 1 fully saturated rings. The average molecular weight is 170 g/mol. The first-order valence-corrected chi connectivity index (χ1v) is 4.63. The molecule has 70 valence electrons. The third-order valence-electron chi connectivity index (χ3n) is 2.20. The Morgan fingerprint density at radius 2 is 2.17 bits per heavy atom. The molecule has 0 radical (unpaired) electrons. The molecule has 0 amide bonds. The molecule has 1 heterocycles. The predicted octanol–water partition coefficient (Wildman–Crippen LogP) is 2.37. The molecule has 1 aliphatic heterocycles. The molecular formula is C10H18O2. The first-order valence-electron chi connectivity index (χ1n) is 4.63. The molecule has 0 N–H and O–H groups in total. The highest BCUT2D eigenvalue weighted by Gasteiger charge is 2.39. The van der Waals surface area contributed by atoms with Gasteiger partial charge in [-0.15, -0.1) is 0 Å². The van der Waals surface area contributed by atoms with Gasteiger partial charge in [0.25, 0.3) is 0 Å². The molecular weight excluding hydrogens is 152 g/mol. The third kappa shape index (κ3) is 2.23. The molecule has 0 aromatic heterocycles. The van der Waals surface area contributed by atoms with Gasteiger partial charge in [-0.25, -0.2) is 0 Å². The molecule has 0 saturated carbocycles. The third-order valence-corrected chi connectivity index (χ3v) is 2.20. The van der Waals surface area contributed by atoms with E-state index in [-0.39, 0.29) is 17.5 Å². The van der Waals surface area contributed by atoms with Crippen molar-refractivity contribution in [1.29, 1.82) is 0 Å². The van der Waals surface area contributed by atoms with E-state index in [4.69, 9.17) is 4.74 Å². The summed E-state index contributed by atoms with van der Waals surface area (Å²) in [5.74, 6) is 0.713. The Balaban J connectivity index is 2.53. The molecule has 0 spiro atoms. The number of cyclic esters (lactones) is 1. The van der Waals surface area contributed by atoms with Crippen LogP contribution in [-0.4, -0.2) is 11.6 Å². The van der Waals surface area contributed by atoms with Crippen molar-refractivity contribution in [1.82, 2.24) is 0 Å². The fourth-order valence-corrected chi connectivity index (χ4v) is 1.82. The van der Waals surface area contributed by atoms with E-state index in [2.05, 4.69) is 13.8 Å². The van der Waals surface area contributed by atoms with E-state index >= 15 is 0 Å². The van der Waals surface area contributed by atoms with Gasteiger partial charge in [-0.1, -0.05) is 13.8 Å². The molecule has 0 bridgehead atoms. The molecule has 12 heavy (non-hydrogen) atoms. The van der Waals surface area contributed by atoms with Gasteiger partial charge >= 0.3 is 5.97 Å². The number of carbonyl (C=O) groups is 1. The summed E-state index contributed by atoms with van der Waals surface area (Å²) in [4.78, 5) is 11.3. The largest absolute Gasteiger partial charge is 0.459 e. The summed E-state index contributed by atoms with van der Waals surface area (Å²) < 4.78 is 5.22. The highest BCUT2D eigenvalue weighted by atomic mass is 16.6. The van der Waals surface area contributed by atoms with Crippen LogP contribution in [0.15, 0.2) is 0 Å². The van der Waals surface area contributed by atoms with E-state index in [1.54, 1.807) is 0 Å². The summed E-state index contributed by atoms with van der Waals surface area (Å²) in [5, 5.41) is 0. The lowest BCUT2D eigenvalue weighted by Crippen LogP contribution is -2.17. The Bertz CT molecular complexity index is 182. The quantitative estimate of drug-likeness (QED) is 0.595. The van der Waals surface area contributed by atoms with E-state index in [0.717, 1.165) is 12.8 Å². The number of hydrogen-bond donors (Lipinski definition) is 0. The van der Waals surface area contributed by atoms with Gasteiger partial charge < -0.3 is 4.74 Å². The van der Waals surface area contributed by atoms with Crippen molar-refractivity contribution in [3.8, 4) is 0 Å². The number of ether oxygens (including phenoxy) is 1. The summed E-state index contributed by atoms with van der Waals surface area (Å²) in [5.41, 5.74) is -0.226. The molecule has 0 aromatic carbocycles. The zero-order valence-corrected chi connectivity index (χ0v) is 8.39. The molecule has 1 rings (SSSR count). The van der Waals surface area contributed by atoms with Crippen molar-refractivity contribution < 1.29 is 9.53 Å². The van der Waals surface area contributed by atoms with Crippen molar-refractivity contribution >= 4 is 5.97 Å². The van der Waals surface area contributed by atoms with Gasteiger partial charge in [-0.2, -0.15) is 0 Å². The summed E-state index contributed by atoms with van der Waals surface area (Å²) in [6.45, 7) is 8.23. The summed E-state index contributed by atoms with van der Waals surface area (Å²) in [6.07, 6.45) is 1.84. The lowest BCUT2D eigenvalue weighted by Gasteiger charge is -2.14. The van der Waals surface area contributed by atoms with Crippen molar-refractivity contribution in [2.45, 2.75) is 46.1 Å². The predicted molar refractivity (Wildman–Crippen MR) is 47.7 cm³/mol. The summed E-state index contributed by atoms with van der Waals surface area (Å²) in [7, 11) is 0. The molecule has 0 aromatic rings. The van der Waals surface area contributed by atoms with Crippen molar-refractivity contribution in [3.05, 3.63) is 0 Å². The van der Waals surface area contributed by atoms with Crippen LogP contribution in [0.25, 0.3) is 0 Å². The SMILES string of the molecule is CC(C)CC1CC(C)(C)OC1=O. The lowest BCUT2D eigenvalue weighted by atomic mass is 9.90. The minimum Gasteiger partial charge on any atom is -0.459 e. The number of esters is 1. The maximum Gasteiger partial charge on any atom is 0.309 e. The maximum atomic E-state index is 11.3. The molecule has 2 heteroatoms. The molecule has 1 saturated heterocycles. The minimum atomic E-state index is -0.226. The second-order valence-corrected chi connectivity index (χ2v) is 4.71. The zero-order valence-electron chi connectivity index (χ0n) is 8.39. The van der Waals surface area contributed by atoms with Crippen molar-refractivity contribution in [2.24, 2.45) is 11.8 Å². The van der Waals surface area contributed by atoms with E-state index in [1.165, 1.54) is 0 Å². The minimum absolute atomic E-state index is 0.00583. The van der Waals surface area contributed by atoms with Gasteiger partial charge in [-0.05, 0) is 32.6 Å². The molecule has 1 aliphatic rings. The fourth-order valence-electron chi connectivity index (χ4n) is 1.82. The highest BCUT2D eigenvalue weighted by Crippen LogP contribution is 2.33. The number of rotatable bonds is 2. The Morgan fingerprint density at radius 3 is 2.50 bits per heavy atom. The van der Waals surface area contributed by atoms with E-state index in [1.807, 2.05) is 13.8 Å². The van der Waals surface area contributed by atoms with Crippen LogP contribution in [0.4, 0.5) is 0 Å².